The van der Waals surface area contributed by atoms with Gasteiger partial charge in [-0.3, -0.25) is 9.80 Å². The van der Waals surface area contributed by atoms with Gasteiger partial charge in [-0.25, -0.2) is 0 Å². The van der Waals surface area contributed by atoms with Crippen LogP contribution in [0.15, 0.2) is 0 Å². The van der Waals surface area contributed by atoms with Crippen LogP contribution >= 0.6 is 0 Å². The van der Waals surface area contributed by atoms with Crippen LogP contribution < -0.4 is 0 Å². The number of likely N-dealkylation sites (tertiary alicyclic amines) is 2. The van der Waals surface area contributed by atoms with Crippen molar-refractivity contribution in [2.45, 2.75) is 31.5 Å². The standard InChI is InChI=1S/C9H15N3/c1-3-12-7-4-8(9(12)5-10)11(2)6-7/h7-9H,3-4,6H2,1-2H3. The van der Waals surface area contributed by atoms with Gasteiger partial charge in [0, 0.05) is 18.6 Å². The Labute approximate surface area is 73.6 Å². The topological polar surface area (TPSA) is 30.3 Å². The van der Waals surface area contributed by atoms with E-state index in [0.717, 1.165) is 13.1 Å². The summed E-state index contributed by atoms with van der Waals surface area (Å²) in [5.74, 6) is 0. The zero-order valence-electron chi connectivity index (χ0n) is 7.70. The molecule has 2 bridgehead atoms. The summed E-state index contributed by atoms with van der Waals surface area (Å²) in [5, 5.41) is 8.99. The molecule has 2 saturated heterocycles. The first-order chi connectivity index (χ1) is 5.77. The summed E-state index contributed by atoms with van der Waals surface area (Å²) >= 11 is 0. The molecular formula is C9H15N3. The van der Waals surface area contributed by atoms with Crippen LogP contribution in [0.2, 0.25) is 0 Å². The monoisotopic (exact) mass is 165 g/mol. The van der Waals surface area contributed by atoms with E-state index in [1.807, 2.05) is 0 Å². The summed E-state index contributed by atoms with van der Waals surface area (Å²) in [7, 11) is 2.13. The maximum Gasteiger partial charge on any atom is 0.114 e. The van der Waals surface area contributed by atoms with Gasteiger partial charge in [-0.1, -0.05) is 6.92 Å². The Hall–Kier alpha value is -0.590. The lowest BCUT2D eigenvalue weighted by molar-refractivity contribution is 0.120. The van der Waals surface area contributed by atoms with Crippen molar-refractivity contribution in [3.05, 3.63) is 0 Å². The van der Waals surface area contributed by atoms with Crippen molar-refractivity contribution in [1.82, 2.24) is 9.80 Å². The third kappa shape index (κ3) is 0.886. The van der Waals surface area contributed by atoms with E-state index in [0.29, 0.717) is 12.1 Å². The third-order valence-electron chi connectivity index (χ3n) is 3.27. The minimum Gasteiger partial charge on any atom is -0.299 e. The van der Waals surface area contributed by atoms with Crippen LogP contribution in [-0.4, -0.2) is 48.1 Å². The number of likely N-dealkylation sites (N-methyl/N-ethyl adjacent to an activating group) is 2. The fourth-order valence-corrected chi connectivity index (χ4v) is 2.67. The molecule has 2 aliphatic heterocycles. The number of rotatable bonds is 1. The van der Waals surface area contributed by atoms with Crippen molar-refractivity contribution >= 4 is 0 Å². The average molecular weight is 165 g/mol. The first kappa shape index (κ1) is 8.03. The molecule has 2 rings (SSSR count). The normalized spacial score (nSPS) is 41.9. The molecule has 2 aliphatic rings. The van der Waals surface area contributed by atoms with Gasteiger partial charge in [0.1, 0.15) is 6.04 Å². The number of piperazine rings is 1. The molecule has 2 heterocycles. The minimum atomic E-state index is 0.152. The van der Waals surface area contributed by atoms with Gasteiger partial charge in [-0.05, 0) is 20.0 Å². The first-order valence-corrected chi connectivity index (χ1v) is 4.63. The summed E-state index contributed by atoms with van der Waals surface area (Å²) in [6.45, 7) is 4.31. The third-order valence-corrected chi connectivity index (χ3v) is 3.27. The summed E-state index contributed by atoms with van der Waals surface area (Å²) in [6, 6.07) is 3.71. The van der Waals surface area contributed by atoms with E-state index in [1.54, 1.807) is 0 Å². The fourth-order valence-electron chi connectivity index (χ4n) is 2.67. The second-order valence-corrected chi connectivity index (χ2v) is 3.80. The molecule has 0 aliphatic carbocycles. The quantitative estimate of drug-likeness (QED) is 0.559. The van der Waals surface area contributed by atoms with Gasteiger partial charge in [0.2, 0.25) is 0 Å². The van der Waals surface area contributed by atoms with Crippen LogP contribution in [0.4, 0.5) is 0 Å². The molecule has 0 N–H and O–H groups in total. The molecule has 2 fully saturated rings. The smallest absolute Gasteiger partial charge is 0.114 e. The van der Waals surface area contributed by atoms with E-state index < -0.39 is 0 Å². The molecule has 3 unspecified atom stereocenters. The van der Waals surface area contributed by atoms with Crippen LogP contribution in [0.1, 0.15) is 13.3 Å². The highest BCUT2D eigenvalue weighted by atomic mass is 15.4. The van der Waals surface area contributed by atoms with Crippen LogP contribution in [0.3, 0.4) is 0 Å². The van der Waals surface area contributed by atoms with Crippen LogP contribution in [0.25, 0.3) is 0 Å². The number of hydrogen-bond acceptors (Lipinski definition) is 3. The van der Waals surface area contributed by atoms with E-state index in [1.165, 1.54) is 6.42 Å². The van der Waals surface area contributed by atoms with Gasteiger partial charge >= 0.3 is 0 Å². The molecule has 3 nitrogen and oxygen atoms in total. The second kappa shape index (κ2) is 2.72. The predicted octanol–water partition coefficient (Wildman–Crippen LogP) is 0.287. The second-order valence-electron chi connectivity index (χ2n) is 3.80. The van der Waals surface area contributed by atoms with Crippen molar-refractivity contribution in [2.24, 2.45) is 0 Å². The SMILES string of the molecule is CCN1C2CC(C1C#N)N(C)C2. The summed E-state index contributed by atoms with van der Waals surface area (Å²) in [5.41, 5.74) is 0. The number of hydrogen-bond donors (Lipinski definition) is 0. The van der Waals surface area contributed by atoms with Gasteiger partial charge in [0.25, 0.3) is 0 Å². The van der Waals surface area contributed by atoms with Gasteiger partial charge in [-0.15, -0.1) is 0 Å². The predicted molar refractivity (Wildman–Crippen MR) is 46.6 cm³/mol. The van der Waals surface area contributed by atoms with Crippen LogP contribution in [-0.2, 0) is 0 Å². The molecule has 0 radical (unpaired) electrons. The Bertz CT molecular complexity index is 218. The Kier molecular flexibility index (Phi) is 1.82. The molecule has 0 spiro atoms. The highest BCUT2D eigenvalue weighted by Gasteiger charge is 2.48. The van der Waals surface area contributed by atoms with Crippen molar-refractivity contribution in [3.8, 4) is 6.07 Å². The summed E-state index contributed by atoms with van der Waals surface area (Å²) in [6.07, 6.45) is 1.20. The van der Waals surface area contributed by atoms with E-state index in [2.05, 4.69) is 29.8 Å². The lowest BCUT2D eigenvalue weighted by atomic mass is 10.1. The maximum atomic E-state index is 8.99. The average Bonchev–Trinajstić information content (AvgIpc) is 2.58. The number of fused-ring (bicyclic) bond motifs is 2. The van der Waals surface area contributed by atoms with Crippen molar-refractivity contribution in [2.75, 3.05) is 20.1 Å². The molecular weight excluding hydrogens is 150 g/mol. The molecule has 0 aromatic carbocycles. The zero-order chi connectivity index (χ0) is 8.72. The molecule has 0 amide bonds. The van der Waals surface area contributed by atoms with Crippen LogP contribution in [0, 0.1) is 11.3 Å². The Morgan fingerprint density at radius 1 is 1.58 bits per heavy atom. The Morgan fingerprint density at radius 3 is 2.92 bits per heavy atom. The van der Waals surface area contributed by atoms with E-state index >= 15 is 0 Å². The van der Waals surface area contributed by atoms with Gasteiger partial charge in [0.05, 0.1) is 6.07 Å². The Balaban J connectivity index is 2.18. The minimum absolute atomic E-state index is 0.152. The molecule has 3 atom stereocenters. The Morgan fingerprint density at radius 2 is 2.33 bits per heavy atom. The largest absolute Gasteiger partial charge is 0.299 e. The summed E-state index contributed by atoms with van der Waals surface area (Å²) < 4.78 is 0. The van der Waals surface area contributed by atoms with Gasteiger partial charge < -0.3 is 0 Å². The van der Waals surface area contributed by atoms with Crippen LogP contribution in [0.5, 0.6) is 0 Å². The molecule has 66 valence electrons. The van der Waals surface area contributed by atoms with Crippen molar-refractivity contribution in [1.29, 1.82) is 5.26 Å². The zero-order valence-corrected chi connectivity index (χ0v) is 7.70. The fraction of sp³-hybridized carbons (Fsp3) is 0.889. The van der Waals surface area contributed by atoms with E-state index in [9.17, 15) is 0 Å². The molecule has 3 heteroatoms. The van der Waals surface area contributed by atoms with E-state index in [4.69, 9.17) is 5.26 Å². The molecule has 0 aromatic heterocycles. The lowest BCUT2D eigenvalue weighted by Crippen LogP contribution is -2.50. The van der Waals surface area contributed by atoms with Gasteiger partial charge in [0.15, 0.2) is 0 Å². The maximum absolute atomic E-state index is 8.99. The molecule has 0 aromatic rings. The molecule has 12 heavy (non-hydrogen) atoms. The first-order valence-electron chi connectivity index (χ1n) is 4.63. The number of nitriles is 1. The molecule has 0 saturated carbocycles. The highest BCUT2D eigenvalue weighted by molar-refractivity contribution is 5.13. The van der Waals surface area contributed by atoms with Crippen molar-refractivity contribution < 1.29 is 0 Å². The van der Waals surface area contributed by atoms with Crippen molar-refractivity contribution in [3.63, 3.8) is 0 Å². The highest BCUT2D eigenvalue weighted by Crippen LogP contribution is 2.33. The summed E-state index contributed by atoms with van der Waals surface area (Å²) in [4.78, 5) is 4.66. The van der Waals surface area contributed by atoms with E-state index in [-0.39, 0.29) is 6.04 Å². The van der Waals surface area contributed by atoms with Gasteiger partial charge in [-0.2, -0.15) is 5.26 Å². The number of nitrogens with zero attached hydrogens (tertiary/aromatic N) is 3. The lowest BCUT2D eigenvalue weighted by Gasteiger charge is -2.34.